The van der Waals surface area contributed by atoms with Crippen LogP contribution in [0.1, 0.15) is 5.56 Å². The summed E-state index contributed by atoms with van der Waals surface area (Å²) in [5.41, 5.74) is 0.835. The molecule has 0 fully saturated rings. The Morgan fingerprint density at radius 2 is 2.00 bits per heavy atom. The van der Waals surface area contributed by atoms with Crippen molar-refractivity contribution in [1.82, 2.24) is 4.98 Å². The van der Waals surface area contributed by atoms with Crippen LogP contribution in [0.15, 0.2) is 47.5 Å². The van der Waals surface area contributed by atoms with E-state index in [0.717, 1.165) is 5.56 Å². The Balaban J connectivity index is 2.42. The fraction of sp³-hybridized carbons (Fsp3) is 0.154. The number of benzene rings is 1. The number of rotatable bonds is 4. The highest BCUT2D eigenvalue weighted by Gasteiger charge is 2.20. The number of pyridine rings is 1. The second-order valence-electron chi connectivity index (χ2n) is 3.97. The molecule has 0 saturated heterocycles. The van der Waals surface area contributed by atoms with Crippen molar-refractivity contribution < 1.29 is 13.2 Å². The minimum atomic E-state index is -3.72. The van der Waals surface area contributed by atoms with E-state index in [1.807, 2.05) is 6.92 Å². The van der Waals surface area contributed by atoms with Gasteiger partial charge < -0.3 is 4.74 Å². The van der Waals surface area contributed by atoms with Gasteiger partial charge in [0.15, 0.2) is 0 Å². The van der Waals surface area contributed by atoms with Crippen LogP contribution in [0.25, 0.3) is 0 Å². The van der Waals surface area contributed by atoms with Crippen molar-refractivity contribution in [3.8, 4) is 5.75 Å². The van der Waals surface area contributed by atoms with E-state index < -0.39 is 10.0 Å². The molecule has 19 heavy (non-hydrogen) atoms. The summed E-state index contributed by atoms with van der Waals surface area (Å²) in [6, 6.07) is 9.98. The molecule has 1 aromatic heterocycles. The first-order chi connectivity index (χ1) is 9.03. The van der Waals surface area contributed by atoms with Gasteiger partial charge >= 0.3 is 0 Å². The maximum absolute atomic E-state index is 12.3. The summed E-state index contributed by atoms with van der Waals surface area (Å²) < 4.78 is 32.1. The minimum absolute atomic E-state index is 0.0978. The molecule has 1 aromatic carbocycles. The number of methoxy groups -OCH3 is 1. The standard InChI is InChI=1S/C13H14N2O3S/c1-10-6-7-11(18-2)12(9-10)19(16,17)15-13-5-3-4-8-14-13/h3-9H,1-2H3,(H,14,15). The third-order valence-electron chi connectivity index (χ3n) is 2.51. The largest absolute Gasteiger partial charge is 0.495 e. The molecule has 1 heterocycles. The first-order valence-electron chi connectivity index (χ1n) is 5.61. The van der Waals surface area contributed by atoms with Crippen LogP contribution in [-0.2, 0) is 10.0 Å². The molecule has 0 spiro atoms. The summed E-state index contributed by atoms with van der Waals surface area (Å²) in [5.74, 6) is 0.570. The minimum Gasteiger partial charge on any atom is -0.495 e. The number of aryl methyl sites for hydroxylation is 1. The molecular formula is C13H14N2O3S. The van der Waals surface area contributed by atoms with E-state index in [1.165, 1.54) is 13.3 Å². The molecule has 0 radical (unpaired) electrons. The van der Waals surface area contributed by atoms with Crippen molar-refractivity contribution in [3.05, 3.63) is 48.2 Å². The highest BCUT2D eigenvalue weighted by Crippen LogP contribution is 2.26. The number of nitrogens with one attached hydrogen (secondary N) is 1. The van der Waals surface area contributed by atoms with Gasteiger partial charge in [0.05, 0.1) is 7.11 Å². The number of hydrogen-bond donors (Lipinski definition) is 1. The van der Waals surface area contributed by atoms with E-state index in [2.05, 4.69) is 9.71 Å². The third kappa shape index (κ3) is 3.03. The molecule has 0 atom stereocenters. The van der Waals surface area contributed by atoms with E-state index >= 15 is 0 Å². The first-order valence-corrected chi connectivity index (χ1v) is 7.10. The van der Waals surface area contributed by atoms with Gasteiger partial charge in [-0.15, -0.1) is 0 Å². The number of anilines is 1. The fourth-order valence-electron chi connectivity index (χ4n) is 1.61. The lowest BCUT2D eigenvalue weighted by molar-refractivity contribution is 0.402. The number of hydrogen-bond acceptors (Lipinski definition) is 4. The highest BCUT2D eigenvalue weighted by molar-refractivity contribution is 7.92. The SMILES string of the molecule is COc1ccc(C)cc1S(=O)(=O)Nc1ccccn1. The molecule has 0 saturated carbocycles. The molecule has 0 bridgehead atoms. The number of aromatic nitrogens is 1. The van der Waals surface area contributed by atoms with Crippen molar-refractivity contribution in [2.24, 2.45) is 0 Å². The quantitative estimate of drug-likeness (QED) is 0.931. The second-order valence-corrected chi connectivity index (χ2v) is 5.63. The summed E-state index contributed by atoms with van der Waals surface area (Å²) in [7, 11) is -2.28. The second kappa shape index (κ2) is 5.27. The maximum atomic E-state index is 12.3. The Bertz CT molecular complexity index is 670. The summed E-state index contributed by atoms with van der Waals surface area (Å²) in [5, 5.41) is 0. The zero-order chi connectivity index (χ0) is 13.9. The van der Waals surface area contributed by atoms with Gasteiger partial charge in [0.1, 0.15) is 16.5 Å². The van der Waals surface area contributed by atoms with Gasteiger partial charge in [0, 0.05) is 6.20 Å². The van der Waals surface area contributed by atoms with Crippen LogP contribution in [0, 0.1) is 6.92 Å². The summed E-state index contributed by atoms with van der Waals surface area (Å²) in [6.07, 6.45) is 1.52. The van der Waals surface area contributed by atoms with E-state index in [-0.39, 0.29) is 10.7 Å². The van der Waals surface area contributed by atoms with Gasteiger partial charge in [0.2, 0.25) is 0 Å². The smallest absolute Gasteiger partial charge is 0.266 e. The number of sulfonamides is 1. The summed E-state index contributed by atoms with van der Waals surface area (Å²) >= 11 is 0. The Labute approximate surface area is 112 Å². The molecule has 0 amide bonds. The van der Waals surface area contributed by atoms with Gasteiger partial charge in [-0.05, 0) is 36.8 Å². The lowest BCUT2D eigenvalue weighted by Gasteiger charge is -2.11. The van der Waals surface area contributed by atoms with Crippen LogP contribution in [0.4, 0.5) is 5.82 Å². The Hall–Kier alpha value is -2.08. The fourth-order valence-corrected chi connectivity index (χ4v) is 2.87. The van der Waals surface area contributed by atoms with Crippen LogP contribution >= 0.6 is 0 Å². The van der Waals surface area contributed by atoms with Crippen molar-refractivity contribution >= 4 is 15.8 Å². The molecule has 6 heteroatoms. The van der Waals surface area contributed by atoms with E-state index in [1.54, 1.807) is 36.4 Å². The van der Waals surface area contributed by atoms with E-state index in [9.17, 15) is 8.42 Å². The Morgan fingerprint density at radius 3 is 2.63 bits per heavy atom. The molecule has 1 N–H and O–H groups in total. The number of ether oxygens (including phenoxy) is 1. The summed E-state index contributed by atoms with van der Waals surface area (Å²) in [4.78, 5) is 4.03. The third-order valence-corrected chi connectivity index (χ3v) is 3.89. The van der Waals surface area contributed by atoms with Crippen LogP contribution in [0.5, 0.6) is 5.75 Å². The lowest BCUT2D eigenvalue weighted by Crippen LogP contribution is -2.15. The topological polar surface area (TPSA) is 68.3 Å². The normalized spacial score (nSPS) is 11.1. The monoisotopic (exact) mass is 278 g/mol. The van der Waals surface area contributed by atoms with Gasteiger partial charge in [-0.3, -0.25) is 4.72 Å². The van der Waals surface area contributed by atoms with Crippen molar-refractivity contribution in [2.75, 3.05) is 11.8 Å². The molecule has 5 nitrogen and oxygen atoms in total. The zero-order valence-electron chi connectivity index (χ0n) is 10.6. The zero-order valence-corrected chi connectivity index (χ0v) is 11.4. The Kier molecular flexibility index (Phi) is 3.71. The summed E-state index contributed by atoms with van der Waals surface area (Å²) in [6.45, 7) is 1.82. The van der Waals surface area contributed by atoms with Crippen LogP contribution in [0.3, 0.4) is 0 Å². The van der Waals surface area contributed by atoms with Crippen LogP contribution in [0.2, 0.25) is 0 Å². The predicted octanol–water partition coefficient (Wildman–Crippen LogP) is 2.20. The molecule has 0 aliphatic carbocycles. The average molecular weight is 278 g/mol. The molecule has 2 rings (SSSR count). The molecule has 0 aliphatic heterocycles. The van der Waals surface area contributed by atoms with Gasteiger partial charge in [0.25, 0.3) is 10.0 Å². The predicted molar refractivity (Wildman–Crippen MR) is 72.8 cm³/mol. The molecule has 100 valence electrons. The molecule has 2 aromatic rings. The average Bonchev–Trinajstić information content (AvgIpc) is 2.39. The highest BCUT2D eigenvalue weighted by atomic mass is 32.2. The first kappa shape index (κ1) is 13.4. The van der Waals surface area contributed by atoms with E-state index in [0.29, 0.717) is 5.75 Å². The van der Waals surface area contributed by atoms with Gasteiger partial charge in [-0.25, -0.2) is 13.4 Å². The van der Waals surface area contributed by atoms with Gasteiger partial charge in [-0.2, -0.15) is 0 Å². The van der Waals surface area contributed by atoms with E-state index in [4.69, 9.17) is 4.74 Å². The molecular weight excluding hydrogens is 264 g/mol. The molecule has 0 unspecified atom stereocenters. The van der Waals surface area contributed by atoms with Crippen molar-refractivity contribution in [2.45, 2.75) is 11.8 Å². The molecule has 0 aliphatic rings. The lowest BCUT2D eigenvalue weighted by atomic mass is 10.2. The number of nitrogens with zero attached hydrogens (tertiary/aromatic N) is 1. The Morgan fingerprint density at radius 1 is 1.21 bits per heavy atom. The van der Waals surface area contributed by atoms with Crippen molar-refractivity contribution in [3.63, 3.8) is 0 Å². The van der Waals surface area contributed by atoms with Crippen molar-refractivity contribution in [1.29, 1.82) is 0 Å². The maximum Gasteiger partial charge on any atom is 0.266 e. The van der Waals surface area contributed by atoms with Crippen LogP contribution in [-0.4, -0.2) is 20.5 Å². The van der Waals surface area contributed by atoms with Gasteiger partial charge in [-0.1, -0.05) is 12.1 Å². The van der Waals surface area contributed by atoms with Crippen LogP contribution < -0.4 is 9.46 Å².